The van der Waals surface area contributed by atoms with Gasteiger partial charge in [0.05, 0.1) is 5.56 Å². The molecule has 2 aromatic carbocycles. The third-order valence-electron chi connectivity index (χ3n) is 2.61. The second-order valence-electron chi connectivity index (χ2n) is 4.00. The summed E-state index contributed by atoms with van der Waals surface area (Å²) >= 11 is 0. The van der Waals surface area contributed by atoms with Gasteiger partial charge < -0.3 is 20.1 Å². The number of phenols is 3. The van der Waals surface area contributed by atoms with E-state index in [0.717, 1.165) is 6.07 Å². The fourth-order valence-electron chi connectivity index (χ4n) is 1.55. The van der Waals surface area contributed by atoms with Gasteiger partial charge in [0.25, 0.3) is 0 Å². The summed E-state index contributed by atoms with van der Waals surface area (Å²) in [6.07, 6.45) is 0. The molecule has 0 unspecified atom stereocenters. The zero-order chi connectivity index (χ0) is 14.7. The lowest BCUT2D eigenvalue weighted by Gasteiger charge is -2.08. The summed E-state index contributed by atoms with van der Waals surface area (Å²) in [4.78, 5) is 11.8. The van der Waals surface area contributed by atoms with Crippen molar-refractivity contribution in [3.63, 3.8) is 0 Å². The highest BCUT2D eigenvalue weighted by Gasteiger charge is 2.17. The molecular weight excluding hydrogens is 267 g/mol. The molecule has 0 saturated carbocycles. The molecule has 0 bridgehead atoms. The number of hydrogen-bond donors (Lipinski definition) is 3. The predicted molar refractivity (Wildman–Crippen MR) is 67.7 cm³/mol. The maximum Gasteiger partial charge on any atom is 0.204 e. The molecule has 0 aliphatic heterocycles. The number of carbonyl (C=O) groups is 1. The number of Topliss-reactive ketones (excluding diaryl/α,β-unsaturated/α-hetero) is 1. The standard InChI is InChI=1S/C14H11FO5/c15-8-1-3-9(4-2-8)20-7-12(17)10-5-6-11(16)14(19)13(10)18/h1-6,16,18-19H,7H2. The first-order valence-corrected chi connectivity index (χ1v) is 5.64. The molecule has 6 heteroatoms. The third kappa shape index (κ3) is 2.80. The monoisotopic (exact) mass is 278 g/mol. The van der Waals surface area contributed by atoms with Gasteiger partial charge in [-0.25, -0.2) is 4.39 Å². The van der Waals surface area contributed by atoms with Crippen molar-refractivity contribution >= 4 is 5.78 Å². The van der Waals surface area contributed by atoms with Crippen molar-refractivity contribution in [3.05, 3.63) is 47.8 Å². The van der Waals surface area contributed by atoms with E-state index in [4.69, 9.17) is 9.84 Å². The Hall–Kier alpha value is -2.76. The van der Waals surface area contributed by atoms with E-state index in [0.29, 0.717) is 5.75 Å². The van der Waals surface area contributed by atoms with Crippen molar-refractivity contribution in [2.75, 3.05) is 6.61 Å². The van der Waals surface area contributed by atoms with E-state index in [1.165, 1.54) is 30.3 Å². The van der Waals surface area contributed by atoms with Crippen molar-refractivity contribution in [1.29, 1.82) is 0 Å². The molecule has 3 N–H and O–H groups in total. The zero-order valence-electron chi connectivity index (χ0n) is 10.2. The Morgan fingerprint density at radius 3 is 2.30 bits per heavy atom. The number of benzene rings is 2. The van der Waals surface area contributed by atoms with Gasteiger partial charge in [0, 0.05) is 0 Å². The fourth-order valence-corrected chi connectivity index (χ4v) is 1.55. The maximum atomic E-state index is 12.7. The molecule has 0 amide bonds. The van der Waals surface area contributed by atoms with E-state index >= 15 is 0 Å². The van der Waals surface area contributed by atoms with Crippen molar-refractivity contribution in [2.45, 2.75) is 0 Å². The molecule has 0 spiro atoms. The maximum absolute atomic E-state index is 12.7. The lowest BCUT2D eigenvalue weighted by atomic mass is 10.1. The summed E-state index contributed by atoms with van der Waals surface area (Å²) in [5.41, 5.74) is -0.178. The van der Waals surface area contributed by atoms with Crippen LogP contribution in [0, 0.1) is 5.82 Å². The SMILES string of the molecule is O=C(COc1ccc(F)cc1)c1ccc(O)c(O)c1O. The summed E-state index contributed by atoms with van der Waals surface area (Å²) in [7, 11) is 0. The van der Waals surface area contributed by atoms with Crippen LogP contribution >= 0.6 is 0 Å². The molecule has 0 radical (unpaired) electrons. The average molecular weight is 278 g/mol. The lowest BCUT2D eigenvalue weighted by Crippen LogP contribution is -2.11. The van der Waals surface area contributed by atoms with Crippen LogP contribution in [0.2, 0.25) is 0 Å². The van der Waals surface area contributed by atoms with Gasteiger partial charge in [-0.3, -0.25) is 4.79 Å². The minimum atomic E-state index is -0.766. The van der Waals surface area contributed by atoms with Crippen LogP contribution in [0.1, 0.15) is 10.4 Å². The highest BCUT2D eigenvalue weighted by atomic mass is 19.1. The van der Waals surface area contributed by atoms with E-state index < -0.39 is 35.5 Å². The minimum absolute atomic E-state index is 0.178. The zero-order valence-corrected chi connectivity index (χ0v) is 10.2. The number of hydrogen-bond acceptors (Lipinski definition) is 5. The Balaban J connectivity index is 2.09. The van der Waals surface area contributed by atoms with Gasteiger partial charge in [0.15, 0.2) is 18.1 Å². The largest absolute Gasteiger partial charge is 0.504 e. The molecule has 0 aromatic heterocycles. The van der Waals surface area contributed by atoms with Crippen LogP contribution in [0.3, 0.4) is 0 Å². The molecule has 2 aromatic rings. The van der Waals surface area contributed by atoms with Crippen LogP contribution in [0.25, 0.3) is 0 Å². The number of ether oxygens (including phenoxy) is 1. The quantitative estimate of drug-likeness (QED) is 0.589. The van der Waals surface area contributed by atoms with Crippen molar-refractivity contribution in [2.24, 2.45) is 0 Å². The van der Waals surface area contributed by atoms with Crippen molar-refractivity contribution in [3.8, 4) is 23.0 Å². The Kier molecular flexibility index (Phi) is 3.74. The van der Waals surface area contributed by atoms with E-state index in [2.05, 4.69) is 0 Å². The Morgan fingerprint density at radius 1 is 1.00 bits per heavy atom. The Labute approximate surface area is 113 Å². The molecule has 20 heavy (non-hydrogen) atoms. The van der Waals surface area contributed by atoms with Gasteiger partial charge >= 0.3 is 0 Å². The summed E-state index contributed by atoms with van der Waals surface area (Å²) in [6.45, 7) is -0.399. The summed E-state index contributed by atoms with van der Waals surface area (Å²) < 4.78 is 17.8. The van der Waals surface area contributed by atoms with Gasteiger partial charge in [-0.15, -0.1) is 0 Å². The average Bonchev–Trinajstić information content (AvgIpc) is 2.44. The van der Waals surface area contributed by atoms with Crippen LogP contribution < -0.4 is 4.74 Å². The van der Waals surface area contributed by atoms with Gasteiger partial charge in [0.1, 0.15) is 11.6 Å². The first-order valence-electron chi connectivity index (χ1n) is 5.64. The van der Waals surface area contributed by atoms with Crippen molar-refractivity contribution < 1.29 is 29.2 Å². The van der Waals surface area contributed by atoms with Crippen LogP contribution in [-0.4, -0.2) is 27.7 Å². The molecule has 0 fully saturated rings. The molecule has 0 saturated heterocycles. The number of aromatic hydroxyl groups is 3. The molecule has 0 atom stereocenters. The van der Waals surface area contributed by atoms with Crippen LogP contribution in [0.4, 0.5) is 4.39 Å². The summed E-state index contributed by atoms with van der Waals surface area (Å²) in [6, 6.07) is 7.34. The predicted octanol–water partition coefficient (Wildman–Crippen LogP) is 2.20. The Bertz CT molecular complexity index is 637. The molecular formula is C14H11FO5. The number of ketones is 1. The van der Waals surface area contributed by atoms with E-state index in [1.807, 2.05) is 0 Å². The molecule has 0 aliphatic rings. The topological polar surface area (TPSA) is 87.0 Å². The molecule has 0 heterocycles. The fraction of sp³-hybridized carbons (Fsp3) is 0.0714. The smallest absolute Gasteiger partial charge is 0.204 e. The van der Waals surface area contributed by atoms with E-state index in [1.54, 1.807) is 0 Å². The highest BCUT2D eigenvalue weighted by Crippen LogP contribution is 2.37. The first kappa shape index (κ1) is 13.7. The van der Waals surface area contributed by atoms with Crippen molar-refractivity contribution in [1.82, 2.24) is 0 Å². The summed E-state index contributed by atoms with van der Waals surface area (Å²) in [5, 5.41) is 28.0. The van der Waals surface area contributed by atoms with Gasteiger partial charge in [-0.1, -0.05) is 0 Å². The van der Waals surface area contributed by atoms with Crippen LogP contribution in [0.15, 0.2) is 36.4 Å². The van der Waals surface area contributed by atoms with E-state index in [-0.39, 0.29) is 5.56 Å². The normalized spacial score (nSPS) is 10.2. The number of halogens is 1. The Morgan fingerprint density at radius 2 is 1.65 bits per heavy atom. The molecule has 104 valence electrons. The van der Waals surface area contributed by atoms with Gasteiger partial charge in [0.2, 0.25) is 11.5 Å². The minimum Gasteiger partial charge on any atom is -0.504 e. The number of rotatable bonds is 4. The highest BCUT2D eigenvalue weighted by molar-refractivity contribution is 6.00. The first-order chi connectivity index (χ1) is 9.49. The molecule has 5 nitrogen and oxygen atoms in total. The number of phenolic OH excluding ortho intramolecular Hbond substituents is 3. The van der Waals surface area contributed by atoms with Crippen LogP contribution in [-0.2, 0) is 0 Å². The summed E-state index contributed by atoms with van der Waals surface area (Å²) in [5.74, 6) is -2.73. The third-order valence-corrected chi connectivity index (χ3v) is 2.61. The van der Waals surface area contributed by atoms with E-state index in [9.17, 15) is 19.4 Å². The lowest BCUT2D eigenvalue weighted by molar-refractivity contribution is 0.0918. The second kappa shape index (κ2) is 5.48. The van der Waals surface area contributed by atoms with Gasteiger partial charge in [-0.2, -0.15) is 0 Å². The number of carbonyl (C=O) groups excluding carboxylic acids is 1. The van der Waals surface area contributed by atoms with Gasteiger partial charge in [-0.05, 0) is 36.4 Å². The molecule has 2 rings (SSSR count). The van der Waals surface area contributed by atoms with Crippen LogP contribution in [0.5, 0.6) is 23.0 Å². The second-order valence-corrected chi connectivity index (χ2v) is 4.00. The molecule has 0 aliphatic carbocycles.